The summed E-state index contributed by atoms with van der Waals surface area (Å²) in [4.78, 5) is 26.7. The van der Waals surface area contributed by atoms with Gasteiger partial charge in [0.05, 0.1) is 13.0 Å². The third-order valence-corrected chi connectivity index (χ3v) is 6.05. The molecule has 158 valence electrons. The minimum atomic E-state index is -0.0241. The van der Waals surface area contributed by atoms with Gasteiger partial charge < -0.3 is 15.0 Å². The van der Waals surface area contributed by atoms with Crippen LogP contribution in [0.25, 0.3) is 0 Å². The molecule has 2 aromatic carbocycles. The predicted octanol–water partition coefficient (Wildman–Crippen LogP) is 4.09. The monoisotopic (exact) mass is 426 g/mol. The van der Waals surface area contributed by atoms with Crippen LogP contribution in [0.5, 0.6) is 5.75 Å². The first-order valence-corrected chi connectivity index (χ1v) is 11.0. The Labute approximate surface area is 182 Å². The lowest BCUT2D eigenvalue weighted by atomic mass is 9.98. The molecule has 0 bridgehead atoms. The molecule has 2 fully saturated rings. The van der Waals surface area contributed by atoms with E-state index in [2.05, 4.69) is 5.32 Å². The standard InChI is InChI=1S/C24H27ClN2O3/c25-22-6-2-1-5-19(22)14-23(28)27-13-3-4-17(15-27)16-30-21-11-7-18(8-12-21)24(29)26-20-9-10-20/h1-2,5-8,11-12,17,20H,3-4,9-10,13-16H2,(H,26,29)/t17-/m1/s1. The lowest BCUT2D eigenvalue weighted by molar-refractivity contribution is -0.132. The summed E-state index contributed by atoms with van der Waals surface area (Å²) in [5.74, 6) is 1.13. The summed E-state index contributed by atoms with van der Waals surface area (Å²) < 4.78 is 5.95. The van der Waals surface area contributed by atoms with Crippen molar-refractivity contribution in [3.63, 3.8) is 0 Å². The van der Waals surface area contributed by atoms with Crippen LogP contribution >= 0.6 is 11.6 Å². The van der Waals surface area contributed by atoms with Crippen molar-refractivity contribution in [1.82, 2.24) is 10.2 Å². The van der Waals surface area contributed by atoms with Crippen LogP contribution in [-0.2, 0) is 11.2 Å². The van der Waals surface area contributed by atoms with E-state index in [0.717, 1.165) is 43.5 Å². The van der Waals surface area contributed by atoms with E-state index in [4.69, 9.17) is 16.3 Å². The number of amides is 2. The van der Waals surface area contributed by atoms with Crippen LogP contribution < -0.4 is 10.1 Å². The largest absolute Gasteiger partial charge is 0.493 e. The molecule has 0 aromatic heterocycles. The number of likely N-dealkylation sites (tertiary alicyclic amines) is 1. The zero-order valence-corrected chi connectivity index (χ0v) is 17.7. The molecule has 0 unspecified atom stereocenters. The summed E-state index contributed by atoms with van der Waals surface area (Å²) in [5.41, 5.74) is 1.52. The molecule has 1 saturated heterocycles. The van der Waals surface area contributed by atoms with Gasteiger partial charge >= 0.3 is 0 Å². The number of nitrogens with one attached hydrogen (secondary N) is 1. The molecule has 0 spiro atoms. The van der Waals surface area contributed by atoms with Crippen LogP contribution in [0.4, 0.5) is 0 Å². The first kappa shape index (κ1) is 20.7. The lowest BCUT2D eigenvalue weighted by Gasteiger charge is -2.33. The van der Waals surface area contributed by atoms with E-state index >= 15 is 0 Å². The zero-order chi connectivity index (χ0) is 20.9. The van der Waals surface area contributed by atoms with Crippen molar-refractivity contribution in [3.8, 4) is 5.75 Å². The van der Waals surface area contributed by atoms with Gasteiger partial charge in [-0.2, -0.15) is 0 Å². The molecule has 30 heavy (non-hydrogen) atoms. The van der Waals surface area contributed by atoms with E-state index in [0.29, 0.717) is 42.1 Å². The van der Waals surface area contributed by atoms with E-state index < -0.39 is 0 Å². The van der Waals surface area contributed by atoms with Crippen molar-refractivity contribution < 1.29 is 14.3 Å². The first-order chi connectivity index (χ1) is 14.6. The van der Waals surface area contributed by atoms with Crippen LogP contribution in [-0.4, -0.2) is 42.5 Å². The number of carbonyl (C=O) groups excluding carboxylic acids is 2. The minimum Gasteiger partial charge on any atom is -0.493 e. The molecule has 1 atom stereocenters. The summed E-state index contributed by atoms with van der Waals surface area (Å²) in [5, 5.41) is 3.62. The van der Waals surface area contributed by atoms with E-state index in [-0.39, 0.29) is 11.8 Å². The molecule has 1 heterocycles. The lowest BCUT2D eigenvalue weighted by Crippen LogP contribution is -2.42. The second-order valence-corrected chi connectivity index (χ2v) is 8.61. The highest BCUT2D eigenvalue weighted by molar-refractivity contribution is 6.31. The molecule has 0 radical (unpaired) electrons. The summed E-state index contributed by atoms with van der Waals surface area (Å²) in [6, 6.07) is 15.1. The molecule has 1 aliphatic carbocycles. The molecular formula is C24H27ClN2O3. The summed E-state index contributed by atoms with van der Waals surface area (Å²) in [6.07, 6.45) is 4.50. The van der Waals surface area contributed by atoms with Crippen LogP contribution in [0.2, 0.25) is 5.02 Å². The number of rotatable bonds is 7. The Morgan fingerprint density at radius 3 is 2.57 bits per heavy atom. The number of ether oxygens (including phenoxy) is 1. The molecule has 1 saturated carbocycles. The SMILES string of the molecule is O=C(NC1CC1)c1ccc(OC[C@@H]2CCCN(C(=O)Cc3ccccc3Cl)C2)cc1. The molecule has 5 nitrogen and oxygen atoms in total. The second-order valence-electron chi connectivity index (χ2n) is 8.20. The number of benzene rings is 2. The van der Waals surface area contributed by atoms with Crippen LogP contribution in [0.3, 0.4) is 0 Å². The smallest absolute Gasteiger partial charge is 0.251 e. The van der Waals surface area contributed by atoms with Gasteiger partial charge in [0.25, 0.3) is 5.91 Å². The van der Waals surface area contributed by atoms with Gasteiger partial charge in [-0.3, -0.25) is 9.59 Å². The fraction of sp³-hybridized carbons (Fsp3) is 0.417. The Kier molecular flexibility index (Phi) is 6.58. The average molecular weight is 427 g/mol. The van der Waals surface area contributed by atoms with Crippen molar-refractivity contribution in [3.05, 3.63) is 64.7 Å². The van der Waals surface area contributed by atoms with Gasteiger partial charge in [-0.25, -0.2) is 0 Å². The molecule has 2 aliphatic rings. The van der Waals surface area contributed by atoms with E-state index in [1.807, 2.05) is 41.3 Å². The second kappa shape index (κ2) is 9.52. The number of hydrogen-bond acceptors (Lipinski definition) is 3. The van der Waals surface area contributed by atoms with Crippen LogP contribution in [0.15, 0.2) is 48.5 Å². The van der Waals surface area contributed by atoms with Crippen molar-refractivity contribution in [2.75, 3.05) is 19.7 Å². The van der Waals surface area contributed by atoms with Gasteiger partial charge in [-0.05, 0) is 61.6 Å². The molecule has 4 rings (SSSR count). The Morgan fingerprint density at radius 1 is 1.07 bits per heavy atom. The van der Waals surface area contributed by atoms with Crippen molar-refractivity contribution in [1.29, 1.82) is 0 Å². The first-order valence-electron chi connectivity index (χ1n) is 10.6. The number of piperidine rings is 1. The van der Waals surface area contributed by atoms with E-state index in [1.54, 1.807) is 12.1 Å². The third-order valence-electron chi connectivity index (χ3n) is 5.69. The van der Waals surface area contributed by atoms with Gasteiger partial charge in [0.2, 0.25) is 5.91 Å². The quantitative estimate of drug-likeness (QED) is 0.725. The predicted molar refractivity (Wildman–Crippen MR) is 117 cm³/mol. The fourth-order valence-electron chi connectivity index (χ4n) is 3.76. The summed E-state index contributed by atoms with van der Waals surface area (Å²) in [7, 11) is 0. The van der Waals surface area contributed by atoms with E-state index in [1.165, 1.54) is 0 Å². The summed E-state index contributed by atoms with van der Waals surface area (Å²) >= 11 is 6.20. The van der Waals surface area contributed by atoms with Gasteiger partial charge in [-0.1, -0.05) is 29.8 Å². The number of halogens is 1. The molecule has 6 heteroatoms. The Balaban J connectivity index is 1.26. The highest BCUT2D eigenvalue weighted by Crippen LogP contribution is 2.23. The van der Waals surface area contributed by atoms with Crippen molar-refractivity contribution in [2.24, 2.45) is 5.92 Å². The Bertz CT molecular complexity index is 896. The maximum Gasteiger partial charge on any atom is 0.251 e. The topological polar surface area (TPSA) is 58.6 Å². The number of hydrogen-bond donors (Lipinski definition) is 1. The summed E-state index contributed by atoms with van der Waals surface area (Å²) in [6.45, 7) is 2.04. The normalized spacial score (nSPS) is 18.7. The molecule has 2 amide bonds. The Hall–Kier alpha value is -2.53. The van der Waals surface area contributed by atoms with E-state index in [9.17, 15) is 9.59 Å². The fourth-order valence-corrected chi connectivity index (χ4v) is 3.96. The zero-order valence-electron chi connectivity index (χ0n) is 17.0. The van der Waals surface area contributed by atoms with Gasteiger partial charge in [0.15, 0.2) is 0 Å². The van der Waals surface area contributed by atoms with Gasteiger partial charge in [-0.15, -0.1) is 0 Å². The highest BCUT2D eigenvalue weighted by Gasteiger charge is 2.25. The maximum atomic E-state index is 12.7. The van der Waals surface area contributed by atoms with Gasteiger partial charge in [0.1, 0.15) is 5.75 Å². The van der Waals surface area contributed by atoms with Crippen molar-refractivity contribution >= 4 is 23.4 Å². The Morgan fingerprint density at radius 2 is 1.83 bits per heavy atom. The number of carbonyl (C=O) groups is 2. The van der Waals surface area contributed by atoms with Gasteiger partial charge in [0, 0.05) is 35.6 Å². The minimum absolute atomic E-state index is 0.0241. The maximum absolute atomic E-state index is 12.7. The number of nitrogens with zero attached hydrogens (tertiary/aromatic N) is 1. The molecule has 1 N–H and O–H groups in total. The molecule has 1 aliphatic heterocycles. The van der Waals surface area contributed by atoms with Crippen molar-refractivity contribution in [2.45, 2.75) is 38.1 Å². The average Bonchev–Trinajstić information content (AvgIpc) is 3.58. The molecular weight excluding hydrogens is 400 g/mol. The molecule has 2 aromatic rings. The highest BCUT2D eigenvalue weighted by atomic mass is 35.5. The third kappa shape index (κ3) is 5.54. The van der Waals surface area contributed by atoms with Crippen LogP contribution in [0.1, 0.15) is 41.6 Å². The van der Waals surface area contributed by atoms with Crippen LogP contribution in [0, 0.1) is 5.92 Å².